The monoisotopic (exact) mass is 279 g/mol. The first-order valence-electron chi connectivity index (χ1n) is 7.30. The maximum absolute atomic E-state index is 9.94. The quantitative estimate of drug-likeness (QED) is 0.798. The first-order valence-corrected chi connectivity index (χ1v) is 7.30. The van der Waals surface area contributed by atoms with Crippen molar-refractivity contribution < 1.29 is 14.6 Å². The summed E-state index contributed by atoms with van der Waals surface area (Å²) in [5.41, 5.74) is 1.11. The van der Waals surface area contributed by atoms with Gasteiger partial charge in [-0.15, -0.1) is 0 Å². The van der Waals surface area contributed by atoms with E-state index in [-0.39, 0.29) is 5.54 Å². The number of ether oxygens (including phenoxy) is 2. The van der Waals surface area contributed by atoms with Crippen LogP contribution in [0.1, 0.15) is 25.3 Å². The van der Waals surface area contributed by atoms with Crippen LogP contribution in [-0.2, 0) is 16.1 Å². The van der Waals surface area contributed by atoms with Crippen LogP contribution in [0.2, 0.25) is 0 Å². The first kappa shape index (κ1) is 15.4. The van der Waals surface area contributed by atoms with Crippen LogP contribution in [0.25, 0.3) is 0 Å². The molecule has 4 nitrogen and oxygen atoms in total. The Labute approximate surface area is 121 Å². The topological polar surface area (TPSA) is 50.7 Å². The van der Waals surface area contributed by atoms with Crippen LogP contribution < -0.4 is 5.32 Å². The van der Waals surface area contributed by atoms with E-state index in [1.807, 2.05) is 30.3 Å². The highest BCUT2D eigenvalue weighted by Crippen LogP contribution is 2.17. The van der Waals surface area contributed by atoms with E-state index >= 15 is 0 Å². The molecule has 0 aliphatic carbocycles. The molecule has 0 bridgehead atoms. The van der Waals surface area contributed by atoms with Gasteiger partial charge < -0.3 is 19.9 Å². The van der Waals surface area contributed by atoms with E-state index < -0.39 is 6.10 Å². The second-order valence-corrected chi connectivity index (χ2v) is 5.75. The number of aliphatic hydroxyl groups excluding tert-OH is 1. The molecule has 2 unspecified atom stereocenters. The summed E-state index contributed by atoms with van der Waals surface area (Å²) in [6.45, 7) is 5.13. The van der Waals surface area contributed by atoms with Gasteiger partial charge in [0.2, 0.25) is 0 Å². The molecule has 4 heteroatoms. The fraction of sp³-hybridized carbons (Fsp3) is 0.625. The average Bonchev–Trinajstić information content (AvgIpc) is 2.47. The van der Waals surface area contributed by atoms with Gasteiger partial charge in [0.25, 0.3) is 0 Å². The fourth-order valence-electron chi connectivity index (χ4n) is 2.38. The minimum absolute atomic E-state index is 0.0152. The molecule has 2 atom stereocenters. The number of hydrogen-bond acceptors (Lipinski definition) is 4. The minimum atomic E-state index is -0.488. The first-order chi connectivity index (χ1) is 9.68. The Morgan fingerprint density at radius 1 is 1.40 bits per heavy atom. The SMILES string of the molecule is CC1(NCC(O)COCc2ccccc2)CCCOC1. The van der Waals surface area contributed by atoms with Gasteiger partial charge in [0, 0.05) is 18.7 Å². The van der Waals surface area contributed by atoms with Crippen LogP contribution in [0.15, 0.2) is 30.3 Å². The van der Waals surface area contributed by atoms with Crippen molar-refractivity contribution in [2.75, 3.05) is 26.4 Å². The predicted molar refractivity (Wildman–Crippen MR) is 78.6 cm³/mol. The Kier molecular flexibility index (Phi) is 5.98. The van der Waals surface area contributed by atoms with Crippen LogP contribution in [0.4, 0.5) is 0 Å². The van der Waals surface area contributed by atoms with Crippen molar-refractivity contribution in [2.45, 2.75) is 38.0 Å². The van der Waals surface area contributed by atoms with E-state index in [1.165, 1.54) is 0 Å². The lowest BCUT2D eigenvalue weighted by atomic mass is 9.95. The van der Waals surface area contributed by atoms with Crippen molar-refractivity contribution in [1.29, 1.82) is 0 Å². The summed E-state index contributed by atoms with van der Waals surface area (Å²) < 4.78 is 11.0. The third-order valence-corrected chi connectivity index (χ3v) is 3.62. The van der Waals surface area contributed by atoms with Crippen LogP contribution in [0.3, 0.4) is 0 Å². The van der Waals surface area contributed by atoms with Crippen molar-refractivity contribution in [3.05, 3.63) is 35.9 Å². The van der Waals surface area contributed by atoms with Gasteiger partial charge in [0.05, 0.1) is 25.9 Å². The van der Waals surface area contributed by atoms with E-state index in [0.29, 0.717) is 26.4 Å². The third kappa shape index (κ3) is 5.21. The molecule has 1 heterocycles. The molecule has 0 radical (unpaired) electrons. The molecule has 1 fully saturated rings. The molecule has 2 rings (SSSR count). The molecule has 112 valence electrons. The minimum Gasteiger partial charge on any atom is -0.389 e. The Morgan fingerprint density at radius 3 is 2.90 bits per heavy atom. The normalized spacial score (nSPS) is 24.5. The molecule has 1 aromatic carbocycles. The summed E-state index contributed by atoms with van der Waals surface area (Å²) in [6, 6.07) is 9.99. The van der Waals surface area contributed by atoms with Gasteiger partial charge in [0.1, 0.15) is 0 Å². The van der Waals surface area contributed by atoms with Gasteiger partial charge in [0.15, 0.2) is 0 Å². The van der Waals surface area contributed by atoms with Gasteiger partial charge in [-0.3, -0.25) is 0 Å². The molecule has 1 aromatic rings. The molecule has 20 heavy (non-hydrogen) atoms. The standard InChI is InChI=1S/C16H25NO3/c1-16(8-5-9-19-13-16)17-10-15(18)12-20-11-14-6-3-2-4-7-14/h2-4,6-7,15,17-18H,5,8-13H2,1H3. The zero-order valence-corrected chi connectivity index (χ0v) is 12.2. The highest BCUT2D eigenvalue weighted by atomic mass is 16.5. The smallest absolute Gasteiger partial charge is 0.0898 e. The maximum atomic E-state index is 9.94. The second kappa shape index (κ2) is 7.74. The maximum Gasteiger partial charge on any atom is 0.0898 e. The zero-order chi connectivity index (χ0) is 14.3. The molecule has 1 aliphatic rings. The van der Waals surface area contributed by atoms with Gasteiger partial charge in [-0.1, -0.05) is 30.3 Å². The summed E-state index contributed by atoms with van der Waals surface area (Å²) in [5, 5.41) is 13.3. The Bertz CT molecular complexity index is 377. The van der Waals surface area contributed by atoms with Crippen molar-refractivity contribution in [3.8, 4) is 0 Å². The molecule has 2 N–H and O–H groups in total. The summed E-state index contributed by atoms with van der Waals surface area (Å²) >= 11 is 0. The van der Waals surface area contributed by atoms with E-state index in [1.54, 1.807) is 0 Å². The lowest BCUT2D eigenvalue weighted by Gasteiger charge is -2.35. The van der Waals surface area contributed by atoms with Crippen LogP contribution >= 0.6 is 0 Å². The highest BCUT2D eigenvalue weighted by Gasteiger charge is 2.27. The van der Waals surface area contributed by atoms with Crippen LogP contribution in [0, 0.1) is 0 Å². The van der Waals surface area contributed by atoms with Crippen molar-refractivity contribution >= 4 is 0 Å². The number of rotatable bonds is 7. The van der Waals surface area contributed by atoms with Crippen molar-refractivity contribution in [1.82, 2.24) is 5.32 Å². The van der Waals surface area contributed by atoms with Gasteiger partial charge in [-0.05, 0) is 25.3 Å². The fourth-order valence-corrected chi connectivity index (χ4v) is 2.38. The average molecular weight is 279 g/mol. The molecule has 0 amide bonds. The Hall–Kier alpha value is -0.940. The van der Waals surface area contributed by atoms with E-state index in [0.717, 1.165) is 25.0 Å². The number of β-amino-alcohol motifs (C(OH)–C–C–N with tert-alkyl or cyclic N) is 1. The summed E-state index contributed by atoms with van der Waals surface area (Å²) in [5.74, 6) is 0. The molecular formula is C16H25NO3. The second-order valence-electron chi connectivity index (χ2n) is 5.75. The van der Waals surface area contributed by atoms with Crippen LogP contribution in [0.5, 0.6) is 0 Å². The molecule has 0 spiro atoms. The largest absolute Gasteiger partial charge is 0.389 e. The zero-order valence-electron chi connectivity index (χ0n) is 12.2. The summed E-state index contributed by atoms with van der Waals surface area (Å²) in [4.78, 5) is 0. The molecule has 1 aliphatic heterocycles. The highest BCUT2D eigenvalue weighted by molar-refractivity contribution is 5.13. The molecule has 0 aromatic heterocycles. The number of benzene rings is 1. The van der Waals surface area contributed by atoms with Crippen LogP contribution in [-0.4, -0.2) is 43.1 Å². The lowest BCUT2D eigenvalue weighted by Crippen LogP contribution is -2.51. The van der Waals surface area contributed by atoms with E-state index in [9.17, 15) is 5.11 Å². The van der Waals surface area contributed by atoms with Gasteiger partial charge in [-0.25, -0.2) is 0 Å². The Balaban J connectivity index is 1.61. The van der Waals surface area contributed by atoms with Crippen molar-refractivity contribution in [3.63, 3.8) is 0 Å². The number of nitrogens with one attached hydrogen (secondary N) is 1. The molecule has 1 saturated heterocycles. The Morgan fingerprint density at radius 2 is 2.20 bits per heavy atom. The molecular weight excluding hydrogens is 254 g/mol. The summed E-state index contributed by atoms with van der Waals surface area (Å²) in [6.07, 6.45) is 1.67. The van der Waals surface area contributed by atoms with Gasteiger partial charge >= 0.3 is 0 Å². The van der Waals surface area contributed by atoms with Gasteiger partial charge in [-0.2, -0.15) is 0 Å². The van der Waals surface area contributed by atoms with E-state index in [2.05, 4.69) is 12.2 Å². The number of hydrogen-bond donors (Lipinski definition) is 2. The third-order valence-electron chi connectivity index (χ3n) is 3.62. The van der Waals surface area contributed by atoms with E-state index in [4.69, 9.17) is 9.47 Å². The molecule has 0 saturated carbocycles. The summed E-state index contributed by atoms with van der Waals surface area (Å²) in [7, 11) is 0. The van der Waals surface area contributed by atoms with Crippen molar-refractivity contribution in [2.24, 2.45) is 0 Å². The number of aliphatic hydroxyl groups is 1. The predicted octanol–water partition coefficient (Wildman–Crippen LogP) is 1.72. The lowest BCUT2D eigenvalue weighted by molar-refractivity contribution is 0.00301.